The van der Waals surface area contributed by atoms with E-state index in [1.807, 2.05) is 0 Å². The molecule has 9 heteroatoms. The summed E-state index contributed by atoms with van der Waals surface area (Å²) in [5.74, 6) is -0.998. The number of benzene rings is 1. The van der Waals surface area contributed by atoms with E-state index in [1.165, 1.54) is 24.3 Å². The summed E-state index contributed by atoms with van der Waals surface area (Å²) in [5.41, 5.74) is 0.116. The third kappa shape index (κ3) is 3.32. The van der Waals surface area contributed by atoms with Crippen LogP contribution in [0.1, 0.15) is 6.42 Å². The van der Waals surface area contributed by atoms with Gasteiger partial charge in [-0.15, -0.1) is 0 Å². The Kier molecular flexibility index (Phi) is 3.99. The molecule has 1 unspecified atom stereocenters. The minimum atomic E-state index is -0.763. The highest BCUT2D eigenvalue weighted by atomic mass is 32.2. The number of carbonyl (C=O) groups excluding carboxylic acids is 3. The molecule has 1 aromatic carbocycles. The SMILES string of the molecule is O=C(CC1SC(=O)NC1=O)Nc1cccc([N+](=O)[O-])c1. The maximum atomic E-state index is 11.7. The summed E-state index contributed by atoms with van der Waals surface area (Å²) in [6.07, 6.45) is -0.176. The quantitative estimate of drug-likeness (QED) is 0.638. The molecule has 0 aromatic heterocycles. The molecule has 0 aliphatic carbocycles. The number of imide groups is 1. The molecule has 1 aromatic rings. The third-order valence-corrected chi connectivity index (χ3v) is 3.46. The number of anilines is 1. The van der Waals surface area contributed by atoms with E-state index in [-0.39, 0.29) is 17.8 Å². The van der Waals surface area contributed by atoms with Gasteiger partial charge in [0.05, 0.1) is 4.92 Å². The van der Waals surface area contributed by atoms with Gasteiger partial charge in [0, 0.05) is 24.2 Å². The molecule has 1 atom stereocenters. The van der Waals surface area contributed by atoms with Gasteiger partial charge in [-0.3, -0.25) is 29.8 Å². The normalized spacial score (nSPS) is 17.7. The highest BCUT2D eigenvalue weighted by molar-refractivity contribution is 8.15. The second-order valence-corrected chi connectivity index (χ2v) is 5.12. The number of thioether (sulfide) groups is 1. The topological polar surface area (TPSA) is 118 Å². The fourth-order valence-electron chi connectivity index (χ4n) is 1.61. The zero-order valence-electron chi connectivity index (χ0n) is 9.99. The van der Waals surface area contributed by atoms with Crippen LogP contribution in [0.15, 0.2) is 24.3 Å². The van der Waals surface area contributed by atoms with E-state index in [9.17, 15) is 24.5 Å². The maximum Gasteiger partial charge on any atom is 0.286 e. The molecule has 1 fully saturated rings. The lowest BCUT2D eigenvalue weighted by Crippen LogP contribution is -2.27. The number of carbonyl (C=O) groups is 3. The van der Waals surface area contributed by atoms with E-state index in [4.69, 9.17) is 0 Å². The van der Waals surface area contributed by atoms with Crippen molar-refractivity contribution in [3.05, 3.63) is 34.4 Å². The van der Waals surface area contributed by atoms with Gasteiger partial charge < -0.3 is 5.32 Å². The maximum absolute atomic E-state index is 11.7. The summed E-state index contributed by atoms with van der Waals surface area (Å²) >= 11 is 0.752. The van der Waals surface area contributed by atoms with Gasteiger partial charge in [0.15, 0.2) is 0 Å². The number of nitrogens with zero attached hydrogens (tertiary/aromatic N) is 1. The van der Waals surface area contributed by atoms with E-state index < -0.39 is 27.2 Å². The Bertz CT molecular complexity index is 603. The van der Waals surface area contributed by atoms with Crippen LogP contribution in [0.25, 0.3) is 0 Å². The number of amides is 3. The molecule has 1 aliphatic heterocycles. The summed E-state index contributed by atoms with van der Waals surface area (Å²) in [6.45, 7) is 0. The van der Waals surface area contributed by atoms with Crippen molar-refractivity contribution in [1.29, 1.82) is 0 Å². The predicted octanol–water partition coefficient (Wildman–Crippen LogP) is 1.27. The van der Waals surface area contributed by atoms with E-state index in [0.717, 1.165) is 11.8 Å². The first-order valence-electron chi connectivity index (χ1n) is 5.51. The number of rotatable bonds is 4. The van der Waals surface area contributed by atoms with E-state index in [1.54, 1.807) is 0 Å². The van der Waals surface area contributed by atoms with Crippen molar-refractivity contribution in [3.63, 3.8) is 0 Å². The predicted molar refractivity (Wildman–Crippen MR) is 71.3 cm³/mol. The Balaban J connectivity index is 1.98. The first-order valence-corrected chi connectivity index (χ1v) is 6.39. The average molecular weight is 295 g/mol. The molecule has 8 nitrogen and oxygen atoms in total. The van der Waals surface area contributed by atoms with Gasteiger partial charge in [-0.1, -0.05) is 17.8 Å². The number of hydrogen-bond donors (Lipinski definition) is 2. The highest BCUT2D eigenvalue weighted by Crippen LogP contribution is 2.23. The summed E-state index contributed by atoms with van der Waals surface area (Å²) in [5, 5.41) is 13.9. The standard InChI is InChI=1S/C11H9N3O5S/c15-9(5-8-10(16)13-11(17)20-8)12-6-2-1-3-7(4-6)14(18)19/h1-4,8H,5H2,(H,12,15)(H,13,16,17). The Hall–Kier alpha value is -2.42. The van der Waals surface area contributed by atoms with Crippen molar-refractivity contribution in [3.8, 4) is 0 Å². The van der Waals surface area contributed by atoms with Crippen LogP contribution in [0.5, 0.6) is 0 Å². The monoisotopic (exact) mass is 295 g/mol. The molecule has 104 valence electrons. The summed E-state index contributed by atoms with van der Waals surface area (Å²) in [7, 11) is 0. The van der Waals surface area contributed by atoms with Crippen LogP contribution in [0, 0.1) is 10.1 Å². The largest absolute Gasteiger partial charge is 0.326 e. The Labute approximate surface area is 117 Å². The zero-order chi connectivity index (χ0) is 14.7. The third-order valence-electron chi connectivity index (χ3n) is 2.48. The molecule has 0 spiro atoms. The minimum absolute atomic E-state index is 0.147. The Morgan fingerprint density at radius 3 is 2.80 bits per heavy atom. The second-order valence-electron chi connectivity index (χ2n) is 3.94. The van der Waals surface area contributed by atoms with Gasteiger partial charge in [0.25, 0.3) is 10.9 Å². The Morgan fingerprint density at radius 2 is 2.20 bits per heavy atom. The molecule has 3 amide bonds. The molecule has 20 heavy (non-hydrogen) atoms. The van der Waals surface area contributed by atoms with Crippen LogP contribution in [-0.4, -0.2) is 27.2 Å². The number of hydrogen-bond acceptors (Lipinski definition) is 6. The summed E-state index contributed by atoms with van der Waals surface area (Å²) in [4.78, 5) is 44.0. The molecule has 0 radical (unpaired) electrons. The van der Waals surface area contributed by atoms with Gasteiger partial charge in [-0.2, -0.15) is 0 Å². The second kappa shape index (κ2) is 5.70. The summed E-state index contributed by atoms with van der Waals surface area (Å²) < 4.78 is 0. The Morgan fingerprint density at radius 1 is 1.45 bits per heavy atom. The van der Waals surface area contributed by atoms with Crippen LogP contribution in [0.2, 0.25) is 0 Å². The fraction of sp³-hybridized carbons (Fsp3) is 0.182. The number of non-ortho nitro benzene ring substituents is 1. The molecule has 0 bridgehead atoms. The van der Waals surface area contributed by atoms with Gasteiger partial charge in [0.2, 0.25) is 11.8 Å². The molecular weight excluding hydrogens is 286 g/mol. The molecule has 0 saturated carbocycles. The van der Waals surface area contributed by atoms with Crippen LogP contribution < -0.4 is 10.6 Å². The molecule has 2 N–H and O–H groups in total. The minimum Gasteiger partial charge on any atom is -0.326 e. The van der Waals surface area contributed by atoms with Crippen molar-refractivity contribution in [2.45, 2.75) is 11.7 Å². The van der Waals surface area contributed by atoms with Gasteiger partial charge >= 0.3 is 0 Å². The van der Waals surface area contributed by atoms with E-state index >= 15 is 0 Å². The summed E-state index contributed by atoms with van der Waals surface area (Å²) in [6, 6.07) is 5.45. The van der Waals surface area contributed by atoms with E-state index in [0.29, 0.717) is 0 Å². The van der Waals surface area contributed by atoms with Crippen molar-refractivity contribution < 1.29 is 19.3 Å². The molecule has 1 heterocycles. The van der Waals surface area contributed by atoms with Crippen molar-refractivity contribution in [2.75, 3.05) is 5.32 Å². The smallest absolute Gasteiger partial charge is 0.286 e. The van der Waals surface area contributed by atoms with Gasteiger partial charge in [0.1, 0.15) is 5.25 Å². The molecule has 1 saturated heterocycles. The number of nitrogens with one attached hydrogen (secondary N) is 2. The van der Waals surface area contributed by atoms with Gasteiger partial charge in [-0.25, -0.2) is 0 Å². The number of nitro groups is 1. The molecule has 2 rings (SSSR count). The first kappa shape index (κ1) is 14.0. The van der Waals surface area contributed by atoms with Crippen molar-refractivity contribution >= 4 is 40.2 Å². The highest BCUT2D eigenvalue weighted by Gasteiger charge is 2.33. The first-order chi connectivity index (χ1) is 9.45. The molecule has 1 aliphatic rings. The lowest BCUT2D eigenvalue weighted by atomic mass is 10.2. The lowest BCUT2D eigenvalue weighted by molar-refractivity contribution is -0.384. The molecular formula is C11H9N3O5S. The van der Waals surface area contributed by atoms with Crippen LogP contribution in [-0.2, 0) is 9.59 Å². The van der Waals surface area contributed by atoms with Gasteiger partial charge in [-0.05, 0) is 6.07 Å². The van der Waals surface area contributed by atoms with E-state index in [2.05, 4.69) is 10.6 Å². The lowest BCUT2D eigenvalue weighted by Gasteiger charge is -2.07. The van der Waals surface area contributed by atoms with Crippen molar-refractivity contribution in [1.82, 2.24) is 5.32 Å². The van der Waals surface area contributed by atoms with Crippen LogP contribution in [0.4, 0.5) is 16.2 Å². The average Bonchev–Trinajstić information content (AvgIpc) is 2.67. The number of nitro benzene ring substituents is 1. The van der Waals surface area contributed by atoms with Crippen LogP contribution in [0.3, 0.4) is 0 Å². The zero-order valence-corrected chi connectivity index (χ0v) is 10.8. The van der Waals surface area contributed by atoms with Crippen LogP contribution >= 0.6 is 11.8 Å². The fourth-order valence-corrected chi connectivity index (χ4v) is 2.42. The van der Waals surface area contributed by atoms with Crippen molar-refractivity contribution in [2.24, 2.45) is 0 Å².